The Morgan fingerprint density at radius 3 is 2.73 bits per heavy atom. The van der Waals surface area contributed by atoms with Gasteiger partial charge in [-0.15, -0.1) is 0 Å². The summed E-state index contributed by atoms with van der Waals surface area (Å²) in [6, 6.07) is 5.74. The standard InChI is InChI=1S/C20H29FN2O3/c1-2-18(24)12-22-9-10-26-19(13-22)14-23(11-15-3-4-15)20(25)16-5-7-17(21)8-6-16/h5-8,15,18-19,24H,2-4,9-14H2,1H3/t18-,19+/m0/s1. The molecule has 26 heavy (non-hydrogen) atoms. The second kappa shape index (κ2) is 8.93. The van der Waals surface area contributed by atoms with Crippen LogP contribution in [-0.2, 0) is 4.74 Å². The molecule has 1 amide bonds. The predicted octanol–water partition coefficient (Wildman–Crippen LogP) is 2.15. The molecule has 6 heteroatoms. The molecule has 0 spiro atoms. The zero-order valence-corrected chi connectivity index (χ0v) is 15.4. The average Bonchev–Trinajstić information content (AvgIpc) is 3.45. The molecule has 3 rings (SSSR count). The Kier molecular flexibility index (Phi) is 6.62. The molecule has 2 fully saturated rings. The van der Waals surface area contributed by atoms with E-state index in [1.54, 1.807) is 12.1 Å². The van der Waals surface area contributed by atoms with E-state index < -0.39 is 0 Å². The van der Waals surface area contributed by atoms with E-state index in [1.807, 2.05) is 11.8 Å². The van der Waals surface area contributed by atoms with Crippen molar-refractivity contribution < 1.29 is 19.0 Å². The number of amides is 1. The van der Waals surface area contributed by atoms with Crippen molar-refractivity contribution >= 4 is 5.91 Å². The van der Waals surface area contributed by atoms with E-state index in [2.05, 4.69) is 4.90 Å². The molecular formula is C20H29FN2O3. The van der Waals surface area contributed by atoms with Gasteiger partial charge in [0.2, 0.25) is 0 Å². The lowest BCUT2D eigenvalue weighted by Gasteiger charge is -2.36. The molecule has 0 bridgehead atoms. The van der Waals surface area contributed by atoms with E-state index in [-0.39, 0.29) is 23.9 Å². The number of carbonyl (C=O) groups excluding carboxylic acids is 1. The lowest BCUT2D eigenvalue weighted by molar-refractivity contribution is -0.0509. The molecule has 1 aromatic carbocycles. The average molecular weight is 364 g/mol. The van der Waals surface area contributed by atoms with Gasteiger partial charge in [0.1, 0.15) is 5.82 Å². The number of morpholine rings is 1. The molecule has 0 aromatic heterocycles. The number of rotatable bonds is 8. The van der Waals surface area contributed by atoms with Crippen LogP contribution in [0.1, 0.15) is 36.5 Å². The number of hydrogen-bond donors (Lipinski definition) is 1. The minimum Gasteiger partial charge on any atom is -0.392 e. The zero-order valence-electron chi connectivity index (χ0n) is 15.4. The molecule has 2 atom stereocenters. The molecule has 1 saturated heterocycles. The molecule has 1 saturated carbocycles. The van der Waals surface area contributed by atoms with Crippen molar-refractivity contribution in [1.82, 2.24) is 9.80 Å². The molecule has 1 aromatic rings. The second-order valence-electron chi connectivity index (χ2n) is 7.47. The molecule has 144 valence electrons. The summed E-state index contributed by atoms with van der Waals surface area (Å²) >= 11 is 0. The third-order valence-corrected chi connectivity index (χ3v) is 5.14. The van der Waals surface area contributed by atoms with E-state index in [9.17, 15) is 14.3 Å². The van der Waals surface area contributed by atoms with E-state index in [0.717, 1.165) is 38.9 Å². The van der Waals surface area contributed by atoms with Crippen molar-refractivity contribution in [1.29, 1.82) is 0 Å². The molecule has 1 heterocycles. The van der Waals surface area contributed by atoms with Gasteiger partial charge in [0.25, 0.3) is 5.91 Å². The fraction of sp³-hybridized carbons (Fsp3) is 0.650. The number of β-amino-alcohol motifs (C(OH)–C–C–N with tert-alkyl or cyclic N) is 1. The smallest absolute Gasteiger partial charge is 0.253 e. The van der Waals surface area contributed by atoms with Crippen molar-refractivity contribution in [3.63, 3.8) is 0 Å². The highest BCUT2D eigenvalue weighted by Gasteiger charge is 2.31. The van der Waals surface area contributed by atoms with Crippen LogP contribution in [0.5, 0.6) is 0 Å². The van der Waals surface area contributed by atoms with Crippen LogP contribution in [0.4, 0.5) is 4.39 Å². The third-order valence-electron chi connectivity index (χ3n) is 5.14. The predicted molar refractivity (Wildman–Crippen MR) is 97.5 cm³/mol. The summed E-state index contributed by atoms with van der Waals surface area (Å²) in [5, 5.41) is 9.89. The van der Waals surface area contributed by atoms with Gasteiger partial charge in [0.05, 0.1) is 18.8 Å². The van der Waals surface area contributed by atoms with E-state index >= 15 is 0 Å². The number of aliphatic hydroxyl groups excluding tert-OH is 1. The van der Waals surface area contributed by atoms with Crippen molar-refractivity contribution in [2.75, 3.05) is 39.3 Å². The third kappa shape index (κ3) is 5.50. The Bertz CT molecular complexity index is 591. The monoisotopic (exact) mass is 364 g/mol. The quantitative estimate of drug-likeness (QED) is 0.768. The number of nitrogens with zero attached hydrogens (tertiary/aromatic N) is 2. The Morgan fingerprint density at radius 2 is 2.08 bits per heavy atom. The van der Waals surface area contributed by atoms with Gasteiger partial charge >= 0.3 is 0 Å². The van der Waals surface area contributed by atoms with Gasteiger partial charge in [-0.25, -0.2) is 4.39 Å². The van der Waals surface area contributed by atoms with Crippen LogP contribution in [0.3, 0.4) is 0 Å². The summed E-state index contributed by atoms with van der Waals surface area (Å²) < 4.78 is 19.0. The van der Waals surface area contributed by atoms with Gasteiger partial charge in [0, 0.05) is 38.3 Å². The summed E-state index contributed by atoms with van der Waals surface area (Å²) in [7, 11) is 0. The van der Waals surface area contributed by atoms with Gasteiger partial charge < -0.3 is 14.7 Å². The number of hydrogen-bond acceptors (Lipinski definition) is 4. The first kappa shape index (κ1) is 19.3. The SMILES string of the molecule is CC[C@H](O)CN1CCO[C@@H](CN(CC2CC2)C(=O)c2ccc(F)cc2)C1. The van der Waals surface area contributed by atoms with Crippen LogP contribution in [-0.4, -0.2) is 72.4 Å². The van der Waals surface area contributed by atoms with Crippen molar-refractivity contribution in [3.8, 4) is 0 Å². The first-order valence-corrected chi connectivity index (χ1v) is 9.62. The lowest BCUT2D eigenvalue weighted by Crippen LogP contribution is -2.50. The van der Waals surface area contributed by atoms with Crippen LogP contribution in [0, 0.1) is 11.7 Å². The van der Waals surface area contributed by atoms with Gasteiger partial charge in [-0.05, 0) is 49.4 Å². The van der Waals surface area contributed by atoms with Gasteiger partial charge in [-0.2, -0.15) is 0 Å². The van der Waals surface area contributed by atoms with Crippen molar-refractivity contribution in [2.45, 2.75) is 38.4 Å². The fourth-order valence-electron chi connectivity index (χ4n) is 3.36. The Morgan fingerprint density at radius 1 is 1.35 bits per heavy atom. The normalized spacial score (nSPS) is 22.2. The van der Waals surface area contributed by atoms with Crippen LogP contribution >= 0.6 is 0 Å². The summed E-state index contributed by atoms with van der Waals surface area (Å²) in [6.45, 7) is 6.02. The number of halogens is 1. The minimum atomic E-state index is -0.337. The van der Waals surface area contributed by atoms with Crippen LogP contribution in [0.15, 0.2) is 24.3 Å². The highest BCUT2D eigenvalue weighted by atomic mass is 19.1. The molecule has 1 aliphatic carbocycles. The molecule has 0 radical (unpaired) electrons. The van der Waals surface area contributed by atoms with E-state index in [4.69, 9.17) is 4.74 Å². The molecule has 5 nitrogen and oxygen atoms in total. The van der Waals surface area contributed by atoms with Crippen molar-refractivity contribution in [2.24, 2.45) is 5.92 Å². The number of benzene rings is 1. The molecule has 2 aliphatic rings. The number of ether oxygens (including phenoxy) is 1. The zero-order chi connectivity index (χ0) is 18.5. The summed E-state index contributed by atoms with van der Waals surface area (Å²) in [5.74, 6) is 0.170. The number of aliphatic hydroxyl groups is 1. The first-order valence-electron chi connectivity index (χ1n) is 9.62. The van der Waals surface area contributed by atoms with Crippen molar-refractivity contribution in [3.05, 3.63) is 35.6 Å². The maximum Gasteiger partial charge on any atom is 0.253 e. The highest BCUT2D eigenvalue weighted by Crippen LogP contribution is 2.30. The maximum atomic E-state index is 13.1. The summed E-state index contributed by atoms with van der Waals surface area (Å²) in [5.41, 5.74) is 0.515. The van der Waals surface area contributed by atoms with Crippen LogP contribution in [0.2, 0.25) is 0 Å². The summed E-state index contributed by atoms with van der Waals surface area (Å²) in [6.07, 6.45) is 2.67. The Labute approximate surface area is 154 Å². The van der Waals surface area contributed by atoms with Gasteiger partial charge in [0.15, 0.2) is 0 Å². The maximum absolute atomic E-state index is 13.1. The summed E-state index contributed by atoms with van der Waals surface area (Å²) in [4.78, 5) is 17.0. The van der Waals surface area contributed by atoms with Crippen LogP contribution in [0.25, 0.3) is 0 Å². The minimum absolute atomic E-state index is 0.0593. The molecular weight excluding hydrogens is 335 g/mol. The lowest BCUT2D eigenvalue weighted by atomic mass is 10.1. The first-order chi connectivity index (χ1) is 12.5. The fourth-order valence-corrected chi connectivity index (χ4v) is 3.36. The number of carbonyl (C=O) groups is 1. The second-order valence-corrected chi connectivity index (χ2v) is 7.47. The van der Waals surface area contributed by atoms with Crippen LogP contribution < -0.4 is 0 Å². The largest absolute Gasteiger partial charge is 0.392 e. The van der Waals surface area contributed by atoms with E-state index in [0.29, 0.717) is 31.2 Å². The Hall–Kier alpha value is -1.50. The topological polar surface area (TPSA) is 53.0 Å². The molecule has 1 N–H and O–H groups in total. The highest BCUT2D eigenvalue weighted by molar-refractivity contribution is 5.94. The molecule has 1 aliphatic heterocycles. The van der Waals surface area contributed by atoms with Gasteiger partial charge in [-0.3, -0.25) is 9.69 Å². The Balaban J connectivity index is 1.62. The van der Waals surface area contributed by atoms with E-state index in [1.165, 1.54) is 12.1 Å². The van der Waals surface area contributed by atoms with Gasteiger partial charge in [-0.1, -0.05) is 6.92 Å². The molecule has 0 unspecified atom stereocenters.